The first-order valence-electron chi connectivity index (χ1n) is 4.98. The Hall–Kier alpha value is -1.13. The Kier molecular flexibility index (Phi) is 4.52. The lowest BCUT2D eigenvalue weighted by Gasteiger charge is -2.12. The van der Waals surface area contributed by atoms with E-state index in [1.54, 1.807) is 12.1 Å². The van der Waals surface area contributed by atoms with Crippen molar-refractivity contribution in [3.63, 3.8) is 0 Å². The molecule has 84 valence electrons. The van der Waals surface area contributed by atoms with Gasteiger partial charge in [0.1, 0.15) is 0 Å². The zero-order chi connectivity index (χ0) is 11.3. The Morgan fingerprint density at radius 1 is 1.47 bits per heavy atom. The topological polar surface area (TPSA) is 61.3 Å². The van der Waals surface area contributed by atoms with Gasteiger partial charge < -0.3 is 16.2 Å². The van der Waals surface area contributed by atoms with Crippen LogP contribution in [-0.2, 0) is 0 Å². The molecule has 1 aromatic rings. The highest BCUT2D eigenvalue weighted by atomic mass is 19.1. The Balaban J connectivity index is 2.73. The van der Waals surface area contributed by atoms with Crippen LogP contribution in [-0.4, -0.2) is 13.7 Å². The van der Waals surface area contributed by atoms with Crippen molar-refractivity contribution in [3.05, 3.63) is 29.6 Å². The molecule has 4 N–H and O–H groups in total. The number of benzene rings is 1. The summed E-state index contributed by atoms with van der Waals surface area (Å²) in [5.41, 5.74) is 12.0. The van der Waals surface area contributed by atoms with Gasteiger partial charge in [-0.3, -0.25) is 0 Å². The van der Waals surface area contributed by atoms with Gasteiger partial charge in [-0.15, -0.1) is 0 Å². The van der Waals surface area contributed by atoms with Crippen molar-refractivity contribution >= 4 is 0 Å². The normalized spacial score (nSPS) is 12.5. The third kappa shape index (κ3) is 3.18. The Morgan fingerprint density at radius 3 is 2.73 bits per heavy atom. The predicted molar refractivity (Wildman–Crippen MR) is 58.2 cm³/mol. The number of methoxy groups -OCH3 is 1. The lowest BCUT2D eigenvalue weighted by Crippen LogP contribution is -2.12. The van der Waals surface area contributed by atoms with Crippen molar-refractivity contribution in [2.24, 2.45) is 11.5 Å². The quantitative estimate of drug-likeness (QED) is 0.778. The maximum atomic E-state index is 13.3. The lowest BCUT2D eigenvalue weighted by atomic mass is 10.0. The van der Waals surface area contributed by atoms with Crippen molar-refractivity contribution in [1.29, 1.82) is 0 Å². The van der Waals surface area contributed by atoms with Crippen LogP contribution in [0.15, 0.2) is 18.2 Å². The van der Waals surface area contributed by atoms with Crippen molar-refractivity contribution < 1.29 is 9.13 Å². The number of halogens is 1. The van der Waals surface area contributed by atoms with Crippen LogP contribution in [0.4, 0.5) is 4.39 Å². The fraction of sp³-hybridized carbons (Fsp3) is 0.455. The van der Waals surface area contributed by atoms with E-state index in [9.17, 15) is 4.39 Å². The summed E-state index contributed by atoms with van der Waals surface area (Å²) in [5.74, 6) is -0.136. The zero-order valence-electron chi connectivity index (χ0n) is 8.87. The summed E-state index contributed by atoms with van der Waals surface area (Å²) in [4.78, 5) is 0. The summed E-state index contributed by atoms with van der Waals surface area (Å²) in [7, 11) is 1.44. The summed E-state index contributed by atoms with van der Waals surface area (Å²) in [6.07, 6.45) is 1.61. The average molecular weight is 212 g/mol. The maximum absolute atomic E-state index is 13.3. The monoisotopic (exact) mass is 212 g/mol. The minimum absolute atomic E-state index is 0.158. The average Bonchev–Trinajstić information content (AvgIpc) is 2.25. The highest BCUT2D eigenvalue weighted by Gasteiger charge is 2.09. The largest absolute Gasteiger partial charge is 0.494 e. The van der Waals surface area contributed by atoms with Crippen molar-refractivity contribution in [3.8, 4) is 5.75 Å². The van der Waals surface area contributed by atoms with E-state index in [0.717, 1.165) is 18.4 Å². The molecule has 0 aliphatic rings. The first-order chi connectivity index (χ1) is 7.19. The Morgan fingerprint density at radius 2 is 2.20 bits per heavy atom. The van der Waals surface area contributed by atoms with Crippen molar-refractivity contribution in [2.75, 3.05) is 13.7 Å². The molecule has 0 spiro atoms. The van der Waals surface area contributed by atoms with E-state index >= 15 is 0 Å². The Bertz CT molecular complexity index is 317. The molecule has 0 heterocycles. The van der Waals surface area contributed by atoms with Crippen LogP contribution in [0, 0.1) is 5.82 Å². The number of rotatable bonds is 5. The van der Waals surface area contributed by atoms with Gasteiger partial charge in [-0.25, -0.2) is 4.39 Å². The molecule has 0 amide bonds. The van der Waals surface area contributed by atoms with Gasteiger partial charge in [0.05, 0.1) is 7.11 Å². The van der Waals surface area contributed by atoms with Crippen molar-refractivity contribution in [1.82, 2.24) is 0 Å². The van der Waals surface area contributed by atoms with E-state index in [2.05, 4.69) is 0 Å². The van der Waals surface area contributed by atoms with E-state index in [1.807, 2.05) is 0 Å². The fourth-order valence-electron chi connectivity index (χ4n) is 1.42. The molecule has 0 aliphatic carbocycles. The second-order valence-corrected chi connectivity index (χ2v) is 3.43. The molecule has 1 atom stereocenters. The molecule has 0 radical (unpaired) electrons. The van der Waals surface area contributed by atoms with E-state index in [4.69, 9.17) is 16.2 Å². The number of hydrogen-bond acceptors (Lipinski definition) is 3. The van der Waals surface area contributed by atoms with Crippen molar-refractivity contribution in [2.45, 2.75) is 18.9 Å². The van der Waals surface area contributed by atoms with E-state index < -0.39 is 0 Å². The molecular weight excluding hydrogens is 195 g/mol. The molecule has 1 unspecified atom stereocenters. The standard InChI is InChI=1S/C11H17FN2O/c1-15-11-5-4-8(7-9(11)12)10(14)3-2-6-13/h4-5,7,10H,2-3,6,13-14H2,1H3. The van der Waals surface area contributed by atoms with Crippen LogP contribution in [0.3, 0.4) is 0 Å². The van der Waals surface area contributed by atoms with Crippen LogP contribution in [0.2, 0.25) is 0 Å². The predicted octanol–water partition coefficient (Wildman–Crippen LogP) is 1.57. The van der Waals surface area contributed by atoms with Crippen LogP contribution < -0.4 is 16.2 Å². The van der Waals surface area contributed by atoms with Gasteiger partial charge in [0.25, 0.3) is 0 Å². The molecule has 1 rings (SSSR count). The van der Waals surface area contributed by atoms with Gasteiger partial charge >= 0.3 is 0 Å². The molecule has 0 saturated heterocycles. The molecule has 0 aliphatic heterocycles. The molecule has 3 nitrogen and oxygen atoms in total. The highest BCUT2D eigenvalue weighted by molar-refractivity contribution is 5.30. The van der Waals surface area contributed by atoms with Gasteiger partial charge in [-0.2, -0.15) is 0 Å². The second kappa shape index (κ2) is 5.68. The summed E-state index contributed by atoms with van der Waals surface area (Å²) in [6.45, 7) is 0.604. The minimum Gasteiger partial charge on any atom is -0.494 e. The highest BCUT2D eigenvalue weighted by Crippen LogP contribution is 2.22. The summed E-state index contributed by atoms with van der Waals surface area (Å²) < 4.78 is 18.2. The molecule has 4 heteroatoms. The van der Waals surface area contributed by atoms with Gasteiger partial charge in [0.15, 0.2) is 11.6 Å². The molecular formula is C11H17FN2O. The maximum Gasteiger partial charge on any atom is 0.165 e. The number of ether oxygens (including phenoxy) is 1. The first-order valence-corrected chi connectivity index (χ1v) is 4.98. The molecule has 1 aromatic carbocycles. The Labute approximate surface area is 89.2 Å². The van der Waals surface area contributed by atoms with Crippen LogP contribution in [0.5, 0.6) is 5.75 Å². The minimum atomic E-state index is -0.377. The van der Waals surface area contributed by atoms with Gasteiger partial charge in [0, 0.05) is 6.04 Å². The molecule has 0 fully saturated rings. The third-order valence-corrected chi connectivity index (χ3v) is 2.32. The summed E-state index contributed by atoms with van der Waals surface area (Å²) in [5, 5.41) is 0. The van der Waals surface area contributed by atoms with Crippen LogP contribution >= 0.6 is 0 Å². The first kappa shape index (κ1) is 11.9. The molecule has 0 aromatic heterocycles. The zero-order valence-corrected chi connectivity index (χ0v) is 8.87. The number of nitrogens with two attached hydrogens (primary N) is 2. The van der Waals surface area contributed by atoms with Crippen LogP contribution in [0.25, 0.3) is 0 Å². The van der Waals surface area contributed by atoms with Gasteiger partial charge in [-0.1, -0.05) is 6.07 Å². The summed E-state index contributed by atoms with van der Waals surface area (Å²) in [6, 6.07) is 4.63. The molecule has 0 bridgehead atoms. The van der Waals surface area contributed by atoms with E-state index in [1.165, 1.54) is 13.2 Å². The van der Waals surface area contributed by atoms with E-state index in [-0.39, 0.29) is 17.6 Å². The second-order valence-electron chi connectivity index (χ2n) is 3.43. The molecule has 0 saturated carbocycles. The molecule has 15 heavy (non-hydrogen) atoms. The SMILES string of the molecule is COc1ccc(C(N)CCCN)cc1F. The number of hydrogen-bond donors (Lipinski definition) is 2. The summed E-state index contributed by atoms with van der Waals surface area (Å²) >= 11 is 0. The van der Waals surface area contributed by atoms with Crippen LogP contribution in [0.1, 0.15) is 24.4 Å². The fourth-order valence-corrected chi connectivity index (χ4v) is 1.42. The van der Waals surface area contributed by atoms with Gasteiger partial charge in [-0.05, 0) is 37.1 Å². The third-order valence-electron chi connectivity index (χ3n) is 2.32. The lowest BCUT2D eigenvalue weighted by molar-refractivity contribution is 0.385. The van der Waals surface area contributed by atoms with Gasteiger partial charge in [0.2, 0.25) is 0 Å². The van der Waals surface area contributed by atoms with E-state index in [0.29, 0.717) is 6.54 Å². The smallest absolute Gasteiger partial charge is 0.165 e.